The molecule has 28 heavy (non-hydrogen) atoms. The van der Waals surface area contributed by atoms with E-state index in [1.165, 1.54) is 0 Å². The van der Waals surface area contributed by atoms with E-state index in [1.807, 2.05) is 78.9 Å². The Morgan fingerprint density at radius 2 is 0.786 bits per heavy atom. The van der Waals surface area contributed by atoms with Crippen molar-refractivity contribution in [1.82, 2.24) is 0 Å². The maximum absolute atomic E-state index is 15.1. The molecule has 0 aliphatic carbocycles. The molecule has 5 rings (SSSR count). The van der Waals surface area contributed by atoms with Gasteiger partial charge in [-0.05, 0) is 21.6 Å². The second kappa shape index (κ2) is 6.78. The Kier molecular flexibility index (Phi) is 4.11. The summed E-state index contributed by atoms with van der Waals surface area (Å²) in [5.41, 5.74) is 2.04. The van der Waals surface area contributed by atoms with Crippen molar-refractivity contribution in [2.75, 3.05) is 0 Å². The Labute approximate surface area is 164 Å². The van der Waals surface area contributed by atoms with Gasteiger partial charge in [0.15, 0.2) is 7.14 Å². The summed E-state index contributed by atoms with van der Waals surface area (Å²) >= 11 is 0. The van der Waals surface area contributed by atoms with E-state index in [9.17, 15) is 0 Å². The molecule has 1 heterocycles. The molecule has 4 aromatic carbocycles. The Morgan fingerprint density at radius 3 is 1.21 bits per heavy atom. The van der Waals surface area contributed by atoms with Crippen molar-refractivity contribution in [3.05, 3.63) is 137 Å². The first kappa shape index (κ1) is 17.0. The quantitative estimate of drug-likeness (QED) is 0.472. The van der Waals surface area contributed by atoms with Crippen LogP contribution in [0.5, 0.6) is 0 Å². The van der Waals surface area contributed by atoms with E-state index in [0.29, 0.717) is 0 Å². The number of fused-ring (bicyclic) bond motifs is 1. The molecule has 1 nitrogen and oxygen atoms in total. The van der Waals surface area contributed by atoms with Gasteiger partial charge in [0.1, 0.15) is 0 Å². The van der Waals surface area contributed by atoms with Crippen LogP contribution in [-0.4, -0.2) is 0 Å². The highest BCUT2D eigenvalue weighted by molar-refractivity contribution is 7.90. The number of benzene rings is 4. The molecule has 0 saturated carbocycles. The zero-order valence-electron chi connectivity index (χ0n) is 15.3. The molecule has 1 aliphatic rings. The second-order valence-corrected chi connectivity index (χ2v) is 9.55. The maximum atomic E-state index is 15.1. The third-order valence-corrected chi connectivity index (χ3v) is 8.56. The third kappa shape index (κ3) is 2.52. The molecule has 0 N–H and O–H groups in total. The molecule has 0 spiro atoms. The summed E-state index contributed by atoms with van der Waals surface area (Å²) in [7, 11) is -3.04. The zero-order chi connectivity index (χ0) is 19.0. The van der Waals surface area contributed by atoms with Gasteiger partial charge in [-0.25, -0.2) is 0 Å². The predicted octanol–water partition coefficient (Wildman–Crippen LogP) is 4.70. The largest absolute Gasteiger partial charge is 0.309 e. The summed E-state index contributed by atoms with van der Waals surface area (Å²) in [5, 5.41) is 4.89. The highest BCUT2D eigenvalue weighted by atomic mass is 31.2. The van der Waals surface area contributed by atoms with Crippen LogP contribution in [0.1, 0.15) is 11.1 Å². The standard InChI is InChI=1S/C26H19OP/c27-28(22-16-8-3-9-17-22)25(20-12-4-1-5-13-20)23-18-10-11-19-24(23)26(28)21-14-6-2-7-15-21/h1-19H. The first-order chi connectivity index (χ1) is 13.8. The average molecular weight is 378 g/mol. The van der Waals surface area contributed by atoms with Crippen molar-refractivity contribution >= 4 is 23.1 Å². The molecule has 4 aromatic rings. The SMILES string of the molecule is O=P1(c2ccccc2)C(c2ccccc2)=c2ccccc2=C1c1ccccc1. The highest BCUT2D eigenvalue weighted by Gasteiger charge is 2.40. The lowest BCUT2D eigenvalue weighted by Crippen LogP contribution is -2.23. The molecule has 134 valence electrons. The molecular formula is C26H19OP. The fraction of sp³-hybridized carbons (Fsp3) is 0. The van der Waals surface area contributed by atoms with Gasteiger partial charge in [0, 0.05) is 15.9 Å². The summed E-state index contributed by atoms with van der Waals surface area (Å²) in [6.45, 7) is 0. The lowest BCUT2D eigenvalue weighted by Gasteiger charge is -2.22. The molecule has 2 heteroatoms. The van der Waals surface area contributed by atoms with Gasteiger partial charge in [0.25, 0.3) is 0 Å². The molecule has 0 atom stereocenters. The van der Waals surface area contributed by atoms with Crippen LogP contribution in [0.25, 0.3) is 10.6 Å². The van der Waals surface area contributed by atoms with E-state index in [4.69, 9.17) is 0 Å². The van der Waals surface area contributed by atoms with E-state index in [1.54, 1.807) is 0 Å². The molecule has 0 unspecified atom stereocenters. The van der Waals surface area contributed by atoms with Gasteiger partial charge >= 0.3 is 0 Å². The molecular weight excluding hydrogens is 359 g/mol. The molecule has 0 saturated heterocycles. The van der Waals surface area contributed by atoms with E-state index >= 15 is 4.57 Å². The number of hydrogen-bond acceptors (Lipinski definition) is 1. The summed E-state index contributed by atoms with van der Waals surface area (Å²) < 4.78 is 15.1. The van der Waals surface area contributed by atoms with Crippen LogP contribution in [-0.2, 0) is 4.57 Å². The summed E-state index contributed by atoms with van der Waals surface area (Å²) in [6.07, 6.45) is 0. The van der Waals surface area contributed by atoms with Crippen molar-refractivity contribution in [1.29, 1.82) is 0 Å². The van der Waals surface area contributed by atoms with Gasteiger partial charge in [-0.3, -0.25) is 0 Å². The summed E-state index contributed by atoms with van der Waals surface area (Å²) in [5.74, 6) is 0. The molecule has 0 bridgehead atoms. The van der Waals surface area contributed by atoms with Crippen LogP contribution in [0.3, 0.4) is 0 Å². The predicted molar refractivity (Wildman–Crippen MR) is 117 cm³/mol. The highest BCUT2D eigenvalue weighted by Crippen LogP contribution is 2.66. The first-order valence-electron chi connectivity index (χ1n) is 9.41. The van der Waals surface area contributed by atoms with Crippen molar-refractivity contribution < 1.29 is 4.57 Å². The van der Waals surface area contributed by atoms with Crippen molar-refractivity contribution in [2.45, 2.75) is 0 Å². The van der Waals surface area contributed by atoms with Crippen molar-refractivity contribution in [3.63, 3.8) is 0 Å². The molecule has 0 amide bonds. The number of hydrogen-bond donors (Lipinski definition) is 0. The molecule has 1 aliphatic heterocycles. The van der Waals surface area contributed by atoms with E-state index < -0.39 is 7.14 Å². The van der Waals surface area contributed by atoms with Crippen LogP contribution in [0.4, 0.5) is 0 Å². The smallest absolute Gasteiger partial charge is 0.173 e. The second-order valence-electron chi connectivity index (χ2n) is 6.92. The lowest BCUT2D eigenvalue weighted by atomic mass is 10.1. The Morgan fingerprint density at radius 1 is 0.429 bits per heavy atom. The summed E-state index contributed by atoms with van der Waals surface area (Å²) in [6, 6.07) is 38.5. The van der Waals surface area contributed by atoms with Gasteiger partial charge in [0.05, 0.1) is 0 Å². The fourth-order valence-corrected chi connectivity index (χ4v) is 7.54. The molecule has 0 aromatic heterocycles. The van der Waals surface area contributed by atoms with E-state index in [0.717, 1.165) is 37.5 Å². The molecule has 0 radical (unpaired) electrons. The first-order valence-corrected chi connectivity index (χ1v) is 11.1. The third-order valence-electron chi connectivity index (χ3n) is 5.28. The van der Waals surface area contributed by atoms with Crippen molar-refractivity contribution in [2.24, 2.45) is 0 Å². The monoisotopic (exact) mass is 378 g/mol. The van der Waals surface area contributed by atoms with Crippen LogP contribution < -0.4 is 15.7 Å². The van der Waals surface area contributed by atoms with Gasteiger partial charge < -0.3 is 4.57 Å². The zero-order valence-corrected chi connectivity index (χ0v) is 16.2. The fourth-order valence-electron chi connectivity index (χ4n) is 4.11. The van der Waals surface area contributed by atoms with Crippen LogP contribution in [0, 0.1) is 0 Å². The number of rotatable bonds is 3. The topological polar surface area (TPSA) is 17.1 Å². The van der Waals surface area contributed by atoms with Gasteiger partial charge in [-0.1, -0.05) is 115 Å². The Balaban J connectivity index is 1.98. The average Bonchev–Trinajstić information content (AvgIpc) is 3.05. The van der Waals surface area contributed by atoms with Crippen LogP contribution >= 0.6 is 7.14 Å². The minimum absolute atomic E-state index is 0.879. The lowest BCUT2D eigenvalue weighted by molar-refractivity contribution is 0.593. The van der Waals surface area contributed by atoms with Gasteiger partial charge in [0.2, 0.25) is 0 Å². The minimum atomic E-state index is -3.04. The molecule has 0 fully saturated rings. The Hall–Kier alpha value is -3.15. The maximum Gasteiger partial charge on any atom is 0.173 e. The van der Waals surface area contributed by atoms with Gasteiger partial charge in [-0.2, -0.15) is 0 Å². The van der Waals surface area contributed by atoms with Crippen LogP contribution in [0.15, 0.2) is 115 Å². The summed E-state index contributed by atoms with van der Waals surface area (Å²) in [4.78, 5) is 0. The van der Waals surface area contributed by atoms with Crippen LogP contribution in [0.2, 0.25) is 0 Å². The van der Waals surface area contributed by atoms with Gasteiger partial charge in [-0.15, -0.1) is 0 Å². The van der Waals surface area contributed by atoms with E-state index in [-0.39, 0.29) is 0 Å². The minimum Gasteiger partial charge on any atom is -0.309 e. The van der Waals surface area contributed by atoms with E-state index in [2.05, 4.69) is 36.4 Å². The Bertz CT molecular complexity index is 1220. The normalized spacial score (nSPS) is 14.7. The van der Waals surface area contributed by atoms with Crippen molar-refractivity contribution in [3.8, 4) is 0 Å².